The van der Waals surface area contributed by atoms with Crippen molar-refractivity contribution in [3.63, 3.8) is 0 Å². The fourth-order valence-electron chi connectivity index (χ4n) is 3.18. The Labute approximate surface area is 161 Å². The number of benzene rings is 1. The maximum Gasteiger partial charge on any atom is 0.217 e. The number of rotatable bonds is 9. The van der Waals surface area contributed by atoms with Crippen LogP contribution < -0.4 is 9.47 Å². The van der Waals surface area contributed by atoms with Gasteiger partial charge in [-0.15, -0.1) is 0 Å². The summed E-state index contributed by atoms with van der Waals surface area (Å²) >= 11 is 0. The molecule has 0 amide bonds. The van der Waals surface area contributed by atoms with Crippen LogP contribution in [0.2, 0.25) is 0 Å². The van der Waals surface area contributed by atoms with E-state index in [0.29, 0.717) is 25.5 Å². The molecule has 146 valence electrons. The molecule has 1 fully saturated rings. The second-order valence-electron chi connectivity index (χ2n) is 6.95. The Hall–Kier alpha value is -2.27. The predicted octanol–water partition coefficient (Wildman–Crippen LogP) is 4.31. The lowest BCUT2D eigenvalue weighted by Crippen LogP contribution is -2.26. The summed E-state index contributed by atoms with van der Waals surface area (Å²) in [4.78, 5) is 4.47. The second-order valence-corrected chi connectivity index (χ2v) is 6.95. The third-order valence-corrected chi connectivity index (χ3v) is 4.62. The minimum Gasteiger partial charge on any atom is -0.508 e. The Kier molecular flexibility index (Phi) is 7.34. The van der Waals surface area contributed by atoms with Crippen LogP contribution in [0.25, 0.3) is 0 Å². The molecule has 0 aliphatic carbocycles. The first-order valence-corrected chi connectivity index (χ1v) is 9.89. The van der Waals surface area contributed by atoms with Crippen molar-refractivity contribution in [1.29, 1.82) is 0 Å². The number of aryl methyl sites for hydroxylation is 1. The quantitative estimate of drug-likeness (QED) is 0.712. The zero-order valence-corrected chi connectivity index (χ0v) is 16.0. The van der Waals surface area contributed by atoms with Crippen LogP contribution in [0.3, 0.4) is 0 Å². The summed E-state index contributed by atoms with van der Waals surface area (Å²) in [5.41, 5.74) is 2.07. The minimum absolute atomic E-state index is 0.116. The maximum absolute atomic E-state index is 9.94. The molecule has 1 aliphatic heterocycles. The van der Waals surface area contributed by atoms with E-state index >= 15 is 0 Å². The van der Waals surface area contributed by atoms with Gasteiger partial charge in [-0.3, -0.25) is 0 Å². The molecule has 0 bridgehead atoms. The smallest absolute Gasteiger partial charge is 0.217 e. The number of pyridine rings is 1. The largest absolute Gasteiger partial charge is 0.508 e. The SMILES string of the molecule is CCCc1ccc(OCCc2cc(O)cc(OCC3CCCCO3)n2)cc1. The molecule has 1 saturated heterocycles. The average Bonchev–Trinajstić information content (AvgIpc) is 2.68. The molecule has 5 nitrogen and oxygen atoms in total. The van der Waals surface area contributed by atoms with Gasteiger partial charge >= 0.3 is 0 Å². The molecular weight excluding hydrogens is 342 g/mol. The molecule has 3 rings (SSSR count). The van der Waals surface area contributed by atoms with Gasteiger partial charge in [0.25, 0.3) is 0 Å². The van der Waals surface area contributed by atoms with Crippen LogP contribution in [0.5, 0.6) is 17.4 Å². The Bertz CT molecular complexity index is 696. The number of aromatic hydroxyl groups is 1. The van der Waals surface area contributed by atoms with E-state index in [1.54, 1.807) is 12.1 Å². The van der Waals surface area contributed by atoms with Gasteiger partial charge in [0.05, 0.1) is 18.4 Å². The van der Waals surface area contributed by atoms with E-state index in [4.69, 9.17) is 14.2 Å². The number of ether oxygens (including phenoxy) is 3. The molecule has 27 heavy (non-hydrogen) atoms. The summed E-state index contributed by atoms with van der Waals surface area (Å²) in [6.07, 6.45) is 6.24. The van der Waals surface area contributed by atoms with Crippen LogP contribution in [0.1, 0.15) is 43.9 Å². The van der Waals surface area contributed by atoms with Gasteiger partial charge < -0.3 is 19.3 Å². The van der Waals surface area contributed by atoms with Crippen LogP contribution in [0.4, 0.5) is 0 Å². The summed E-state index contributed by atoms with van der Waals surface area (Å²) in [5, 5.41) is 9.94. The van der Waals surface area contributed by atoms with Crippen LogP contribution in [-0.4, -0.2) is 36.0 Å². The zero-order chi connectivity index (χ0) is 18.9. The molecule has 1 unspecified atom stereocenters. The van der Waals surface area contributed by atoms with E-state index in [9.17, 15) is 5.11 Å². The number of aromatic nitrogens is 1. The van der Waals surface area contributed by atoms with E-state index in [-0.39, 0.29) is 11.9 Å². The van der Waals surface area contributed by atoms with E-state index in [2.05, 4.69) is 24.0 Å². The van der Waals surface area contributed by atoms with Gasteiger partial charge in [-0.1, -0.05) is 25.5 Å². The summed E-state index contributed by atoms with van der Waals surface area (Å²) in [6.45, 7) is 3.93. The lowest BCUT2D eigenvalue weighted by molar-refractivity contribution is -0.0120. The van der Waals surface area contributed by atoms with Gasteiger partial charge in [-0.05, 0) is 43.4 Å². The Morgan fingerprint density at radius 2 is 1.96 bits per heavy atom. The van der Waals surface area contributed by atoms with Crippen molar-refractivity contribution in [2.45, 2.75) is 51.6 Å². The normalized spacial score (nSPS) is 16.9. The van der Waals surface area contributed by atoms with Gasteiger partial charge in [0.15, 0.2) is 0 Å². The molecular formula is C22H29NO4. The lowest BCUT2D eigenvalue weighted by Gasteiger charge is -2.22. The van der Waals surface area contributed by atoms with E-state index in [1.165, 1.54) is 12.0 Å². The topological polar surface area (TPSA) is 60.8 Å². The van der Waals surface area contributed by atoms with Crippen LogP contribution in [0.15, 0.2) is 36.4 Å². The van der Waals surface area contributed by atoms with Crippen molar-refractivity contribution in [3.8, 4) is 17.4 Å². The van der Waals surface area contributed by atoms with Crippen molar-refractivity contribution in [2.24, 2.45) is 0 Å². The highest BCUT2D eigenvalue weighted by molar-refractivity contribution is 5.30. The highest BCUT2D eigenvalue weighted by Gasteiger charge is 2.15. The first-order valence-electron chi connectivity index (χ1n) is 9.89. The van der Waals surface area contributed by atoms with Crippen molar-refractivity contribution in [1.82, 2.24) is 4.98 Å². The molecule has 0 spiro atoms. The molecule has 1 aromatic heterocycles. The summed E-state index contributed by atoms with van der Waals surface area (Å²) in [5.74, 6) is 1.44. The molecule has 2 aromatic rings. The van der Waals surface area contributed by atoms with Gasteiger partial charge in [0, 0.05) is 25.2 Å². The molecule has 0 radical (unpaired) electrons. The molecule has 1 aliphatic rings. The lowest BCUT2D eigenvalue weighted by atomic mass is 10.1. The Morgan fingerprint density at radius 3 is 2.70 bits per heavy atom. The fraction of sp³-hybridized carbons (Fsp3) is 0.500. The molecule has 5 heteroatoms. The highest BCUT2D eigenvalue weighted by Crippen LogP contribution is 2.21. The summed E-state index contributed by atoms with van der Waals surface area (Å²) in [6, 6.07) is 11.4. The van der Waals surface area contributed by atoms with Crippen molar-refractivity contribution in [2.75, 3.05) is 19.8 Å². The van der Waals surface area contributed by atoms with Crippen LogP contribution in [0, 0.1) is 0 Å². The first kappa shape index (κ1) is 19.5. The predicted molar refractivity (Wildman–Crippen MR) is 105 cm³/mol. The first-order chi connectivity index (χ1) is 13.2. The van der Waals surface area contributed by atoms with Gasteiger partial charge in [-0.25, -0.2) is 4.98 Å². The minimum atomic E-state index is 0.116. The monoisotopic (exact) mass is 371 g/mol. The van der Waals surface area contributed by atoms with Crippen molar-refractivity contribution >= 4 is 0 Å². The van der Waals surface area contributed by atoms with Gasteiger partial charge in [0.2, 0.25) is 5.88 Å². The average molecular weight is 371 g/mol. The Morgan fingerprint density at radius 1 is 1.11 bits per heavy atom. The molecule has 2 heterocycles. The van der Waals surface area contributed by atoms with Crippen LogP contribution in [-0.2, 0) is 17.6 Å². The van der Waals surface area contributed by atoms with E-state index in [0.717, 1.165) is 43.7 Å². The molecule has 1 N–H and O–H groups in total. The third kappa shape index (κ3) is 6.43. The Balaban J connectivity index is 1.48. The second kappa shape index (κ2) is 10.2. The van der Waals surface area contributed by atoms with Crippen molar-refractivity contribution < 1.29 is 19.3 Å². The third-order valence-electron chi connectivity index (χ3n) is 4.62. The van der Waals surface area contributed by atoms with Crippen molar-refractivity contribution in [3.05, 3.63) is 47.7 Å². The summed E-state index contributed by atoms with van der Waals surface area (Å²) in [7, 11) is 0. The molecule has 1 aromatic carbocycles. The number of hydrogen-bond donors (Lipinski definition) is 1. The fourth-order valence-corrected chi connectivity index (χ4v) is 3.18. The zero-order valence-electron chi connectivity index (χ0n) is 16.0. The molecule has 0 saturated carbocycles. The van der Waals surface area contributed by atoms with E-state index in [1.807, 2.05) is 12.1 Å². The number of nitrogens with zero attached hydrogens (tertiary/aromatic N) is 1. The van der Waals surface area contributed by atoms with Gasteiger partial charge in [0.1, 0.15) is 18.1 Å². The summed E-state index contributed by atoms with van der Waals surface area (Å²) < 4.78 is 17.2. The highest BCUT2D eigenvalue weighted by atomic mass is 16.5. The van der Waals surface area contributed by atoms with Crippen LogP contribution >= 0.6 is 0 Å². The van der Waals surface area contributed by atoms with E-state index < -0.39 is 0 Å². The maximum atomic E-state index is 9.94. The number of hydrogen-bond acceptors (Lipinski definition) is 5. The van der Waals surface area contributed by atoms with Gasteiger partial charge in [-0.2, -0.15) is 0 Å². The molecule has 1 atom stereocenters. The standard InChI is InChI=1S/C22H29NO4/c1-2-5-17-7-9-20(10-8-17)26-13-11-18-14-19(24)15-22(23-18)27-16-21-6-3-4-12-25-21/h7-10,14-15,21H,2-6,11-13,16H2,1H3,(H,23,24).